The Balaban J connectivity index is 1.77. The molecule has 1 heterocycles. The van der Waals surface area contributed by atoms with Gasteiger partial charge in [0.15, 0.2) is 0 Å². The molecule has 0 saturated heterocycles. The number of rotatable bonds is 3. The number of hydrogen-bond donors (Lipinski definition) is 1. The Kier molecular flexibility index (Phi) is 5.36. The van der Waals surface area contributed by atoms with Crippen LogP contribution in [0.1, 0.15) is 30.6 Å². The number of hydrogen-bond acceptors (Lipinski definition) is 2. The summed E-state index contributed by atoms with van der Waals surface area (Å²) in [5.41, 5.74) is 0. The molecule has 0 bridgehead atoms. The zero-order valence-electron chi connectivity index (χ0n) is 10.1. The van der Waals surface area contributed by atoms with Gasteiger partial charge in [0.2, 0.25) is 0 Å². The minimum absolute atomic E-state index is 0.207. The van der Waals surface area contributed by atoms with Gasteiger partial charge < -0.3 is 5.32 Å². The lowest BCUT2D eigenvalue weighted by atomic mass is 9.85. The van der Waals surface area contributed by atoms with Crippen molar-refractivity contribution in [3.63, 3.8) is 0 Å². The van der Waals surface area contributed by atoms with Gasteiger partial charge in [-0.2, -0.15) is 13.2 Å². The molecule has 1 aromatic rings. The molecular formula is C12H14Br2F3NS. The lowest BCUT2D eigenvalue weighted by Crippen LogP contribution is -2.36. The van der Waals surface area contributed by atoms with E-state index < -0.39 is 12.1 Å². The molecule has 1 saturated carbocycles. The van der Waals surface area contributed by atoms with Crippen molar-refractivity contribution < 1.29 is 13.2 Å². The second-order valence-electron chi connectivity index (χ2n) is 4.81. The monoisotopic (exact) mass is 419 g/mol. The lowest BCUT2D eigenvalue weighted by Gasteiger charge is -2.30. The average molecular weight is 421 g/mol. The number of alkyl halides is 3. The molecule has 0 aromatic carbocycles. The van der Waals surface area contributed by atoms with Crippen molar-refractivity contribution in [3.8, 4) is 0 Å². The zero-order chi connectivity index (χ0) is 14.0. The van der Waals surface area contributed by atoms with Gasteiger partial charge in [-0.25, -0.2) is 0 Å². The molecule has 1 N–H and O–H groups in total. The third-order valence-corrected chi connectivity index (χ3v) is 6.71. The van der Waals surface area contributed by atoms with Crippen LogP contribution in [-0.2, 0) is 6.54 Å². The molecule has 0 unspecified atom stereocenters. The highest BCUT2D eigenvalue weighted by Gasteiger charge is 2.41. The van der Waals surface area contributed by atoms with Crippen molar-refractivity contribution >= 4 is 43.2 Å². The molecule has 1 fully saturated rings. The van der Waals surface area contributed by atoms with Crippen LogP contribution in [0.15, 0.2) is 14.3 Å². The van der Waals surface area contributed by atoms with E-state index in [0.717, 1.165) is 14.8 Å². The molecule has 1 aromatic heterocycles. The Morgan fingerprint density at radius 1 is 1.21 bits per heavy atom. The Morgan fingerprint density at radius 3 is 2.32 bits per heavy atom. The van der Waals surface area contributed by atoms with Gasteiger partial charge in [0, 0.05) is 21.9 Å². The minimum Gasteiger partial charge on any atom is -0.309 e. The Labute approximate surface area is 131 Å². The van der Waals surface area contributed by atoms with Crippen LogP contribution in [0, 0.1) is 5.92 Å². The van der Waals surface area contributed by atoms with Gasteiger partial charge in [0.05, 0.1) is 9.70 Å². The Morgan fingerprint density at radius 2 is 1.84 bits per heavy atom. The van der Waals surface area contributed by atoms with Gasteiger partial charge in [0.1, 0.15) is 0 Å². The van der Waals surface area contributed by atoms with Crippen molar-refractivity contribution in [3.05, 3.63) is 19.2 Å². The first-order valence-electron chi connectivity index (χ1n) is 6.10. The highest BCUT2D eigenvalue weighted by atomic mass is 79.9. The van der Waals surface area contributed by atoms with Gasteiger partial charge in [-0.15, -0.1) is 11.3 Å². The number of halogens is 5. The topological polar surface area (TPSA) is 12.0 Å². The summed E-state index contributed by atoms with van der Waals surface area (Å²) in [6.45, 7) is 0.718. The van der Waals surface area contributed by atoms with Crippen LogP contribution in [0.3, 0.4) is 0 Å². The second-order valence-corrected chi connectivity index (χ2v) is 8.11. The lowest BCUT2D eigenvalue weighted by molar-refractivity contribution is -0.182. The maximum Gasteiger partial charge on any atom is 0.391 e. The first-order valence-corrected chi connectivity index (χ1v) is 8.50. The van der Waals surface area contributed by atoms with E-state index in [1.807, 2.05) is 6.07 Å². The molecule has 0 aliphatic heterocycles. The summed E-state index contributed by atoms with van der Waals surface area (Å²) < 4.78 is 39.7. The van der Waals surface area contributed by atoms with Crippen molar-refractivity contribution in [2.24, 2.45) is 5.92 Å². The van der Waals surface area contributed by atoms with Crippen molar-refractivity contribution in [1.82, 2.24) is 5.32 Å². The predicted octanol–water partition coefficient (Wildman–Crippen LogP) is 5.48. The fourth-order valence-corrected chi connectivity index (χ4v) is 4.48. The number of nitrogens with one attached hydrogen (secondary N) is 1. The van der Waals surface area contributed by atoms with E-state index in [1.54, 1.807) is 11.3 Å². The van der Waals surface area contributed by atoms with Gasteiger partial charge in [-0.05, 0) is 63.6 Å². The maximum atomic E-state index is 12.5. The SMILES string of the molecule is FC(F)(F)C1CCC(NCc2cc(Br)c(Br)s2)CC1. The molecular weight excluding hydrogens is 407 g/mol. The molecule has 2 rings (SSSR count). The highest BCUT2D eigenvalue weighted by molar-refractivity contribution is 9.13. The molecule has 0 amide bonds. The molecule has 1 nitrogen and oxygen atoms in total. The summed E-state index contributed by atoms with van der Waals surface area (Å²) in [6.07, 6.45) is -2.30. The van der Waals surface area contributed by atoms with Crippen LogP contribution in [-0.4, -0.2) is 12.2 Å². The van der Waals surface area contributed by atoms with E-state index in [0.29, 0.717) is 12.8 Å². The summed E-state index contributed by atoms with van der Waals surface area (Å²) in [4.78, 5) is 1.18. The second kappa shape index (κ2) is 6.45. The molecule has 19 heavy (non-hydrogen) atoms. The highest BCUT2D eigenvalue weighted by Crippen LogP contribution is 2.38. The van der Waals surface area contributed by atoms with Crippen LogP contribution < -0.4 is 5.32 Å². The summed E-state index contributed by atoms with van der Waals surface area (Å²) in [5.74, 6) is -1.10. The Bertz CT molecular complexity index is 406. The largest absolute Gasteiger partial charge is 0.391 e. The molecule has 108 valence electrons. The molecule has 0 radical (unpaired) electrons. The Hall–Kier alpha value is 0.410. The third-order valence-electron chi connectivity index (χ3n) is 3.45. The first-order chi connectivity index (χ1) is 8.86. The fraction of sp³-hybridized carbons (Fsp3) is 0.667. The van der Waals surface area contributed by atoms with Crippen molar-refractivity contribution in [1.29, 1.82) is 0 Å². The van der Waals surface area contributed by atoms with Gasteiger partial charge >= 0.3 is 6.18 Å². The van der Waals surface area contributed by atoms with E-state index in [1.165, 1.54) is 4.88 Å². The molecule has 7 heteroatoms. The first kappa shape index (κ1) is 15.8. The fourth-order valence-electron chi connectivity index (χ4n) is 2.35. The molecule has 1 aliphatic carbocycles. The third kappa shape index (κ3) is 4.44. The van der Waals surface area contributed by atoms with Crippen molar-refractivity contribution in [2.45, 2.75) is 44.4 Å². The summed E-state index contributed by atoms with van der Waals surface area (Å²) in [5, 5.41) is 3.35. The summed E-state index contributed by atoms with van der Waals surface area (Å²) in [7, 11) is 0. The van der Waals surface area contributed by atoms with Gasteiger partial charge in [-0.3, -0.25) is 0 Å². The van der Waals surface area contributed by atoms with Crippen LogP contribution in [0.5, 0.6) is 0 Å². The van der Waals surface area contributed by atoms with Gasteiger partial charge in [-0.1, -0.05) is 0 Å². The number of thiophene rings is 1. The van der Waals surface area contributed by atoms with E-state index in [-0.39, 0.29) is 18.9 Å². The smallest absolute Gasteiger partial charge is 0.309 e. The van der Waals surface area contributed by atoms with Crippen LogP contribution in [0.25, 0.3) is 0 Å². The summed E-state index contributed by atoms with van der Waals surface area (Å²) >= 11 is 8.49. The van der Waals surface area contributed by atoms with Crippen LogP contribution >= 0.6 is 43.2 Å². The van der Waals surface area contributed by atoms with E-state index in [2.05, 4.69) is 37.2 Å². The normalized spacial score (nSPS) is 24.7. The van der Waals surface area contributed by atoms with Crippen molar-refractivity contribution in [2.75, 3.05) is 0 Å². The molecule has 0 atom stereocenters. The summed E-state index contributed by atoms with van der Waals surface area (Å²) in [6, 6.07) is 2.24. The van der Waals surface area contributed by atoms with E-state index in [4.69, 9.17) is 0 Å². The van der Waals surface area contributed by atoms with Crippen LogP contribution in [0.2, 0.25) is 0 Å². The molecule has 1 aliphatic rings. The van der Waals surface area contributed by atoms with E-state index in [9.17, 15) is 13.2 Å². The average Bonchev–Trinajstić information content (AvgIpc) is 2.66. The minimum atomic E-state index is -4.02. The van der Waals surface area contributed by atoms with E-state index >= 15 is 0 Å². The zero-order valence-corrected chi connectivity index (χ0v) is 14.1. The quantitative estimate of drug-likeness (QED) is 0.682. The van der Waals surface area contributed by atoms with Crippen LogP contribution in [0.4, 0.5) is 13.2 Å². The molecule has 0 spiro atoms. The standard InChI is InChI=1S/C12H14Br2F3NS/c13-10-5-9(19-11(10)14)6-18-8-3-1-7(2-4-8)12(15,16)17/h5,7-8,18H,1-4,6H2. The predicted molar refractivity (Wildman–Crippen MR) is 78.4 cm³/mol. The van der Waals surface area contributed by atoms with Gasteiger partial charge in [0.25, 0.3) is 0 Å². The maximum absolute atomic E-state index is 12.5.